The second-order valence-electron chi connectivity index (χ2n) is 5.77. The van der Waals surface area contributed by atoms with E-state index in [9.17, 15) is 14.4 Å². The Labute approximate surface area is 132 Å². The minimum atomic E-state index is -0.608. The Hall–Kier alpha value is -2.83. The number of carbonyl (C=O) groups is 3. The van der Waals surface area contributed by atoms with E-state index >= 15 is 0 Å². The molecule has 0 atom stereocenters. The Morgan fingerprint density at radius 3 is 2.70 bits per heavy atom. The molecule has 0 aliphatic carbocycles. The highest BCUT2D eigenvalue weighted by atomic mass is 16.6. The van der Waals surface area contributed by atoms with Gasteiger partial charge < -0.3 is 14.2 Å². The van der Waals surface area contributed by atoms with E-state index in [0.29, 0.717) is 13.1 Å². The van der Waals surface area contributed by atoms with Crippen molar-refractivity contribution in [2.24, 2.45) is 0 Å². The maximum Gasteiger partial charge on any atom is 0.417 e. The van der Waals surface area contributed by atoms with Crippen molar-refractivity contribution in [2.75, 3.05) is 19.7 Å². The standard InChI is InChI=1S/C16H15N3O4/c20-14(9-17-6-5-11-3-1-2-4-13(11)17)18-7-12(8-18)19-15(21)10-23-16(19)22/h1-6,12H,7-10H2. The van der Waals surface area contributed by atoms with E-state index in [1.165, 1.54) is 0 Å². The van der Waals surface area contributed by atoms with Gasteiger partial charge in [0.05, 0.1) is 6.04 Å². The summed E-state index contributed by atoms with van der Waals surface area (Å²) in [6.07, 6.45) is 1.28. The van der Waals surface area contributed by atoms with Gasteiger partial charge in [-0.25, -0.2) is 9.69 Å². The summed E-state index contributed by atoms with van der Waals surface area (Å²) >= 11 is 0. The zero-order valence-electron chi connectivity index (χ0n) is 12.3. The van der Waals surface area contributed by atoms with Crippen molar-refractivity contribution in [1.29, 1.82) is 0 Å². The van der Waals surface area contributed by atoms with Crippen molar-refractivity contribution in [3.63, 3.8) is 0 Å². The lowest BCUT2D eigenvalue weighted by Crippen LogP contribution is -2.62. The molecule has 3 amide bonds. The number of aromatic nitrogens is 1. The van der Waals surface area contributed by atoms with Gasteiger partial charge in [-0.05, 0) is 17.5 Å². The highest BCUT2D eigenvalue weighted by Gasteiger charge is 2.44. The van der Waals surface area contributed by atoms with E-state index in [2.05, 4.69) is 0 Å². The first-order valence-corrected chi connectivity index (χ1v) is 7.44. The van der Waals surface area contributed by atoms with Crippen molar-refractivity contribution in [2.45, 2.75) is 12.6 Å². The predicted molar refractivity (Wildman–Crippen MR) is 80.5 cm³/mol. The Balaban J connectivity index is 1.40. The van der Waals surface area contributed by atoms with Crippen LogP contribution < -0.4 is 0 Å². The molecule has 0 bridgehead atoms. The number of hydrogen-bond donors (Lipinski definition) is 0. The Bertz CT molecular complexity index is 791. The van der Waals surface area contributed by atoms with Gasteiger partial charge in [-0.1, -0.05) is 18.2 Å². The van der Waals surface area contributed by atoms with Crippen molar-refractivity contribution in [3.05, 3.63) is 36.5 Å². The second kappa shape index (κ2) is 5.12. The summed E-state index contributed by atoms with van der Waals surface area (Å²) in [4.78, 5) is 38.2. The van der Waals surface area contributed by atoms with Gasteiger partial charge in [0.15, 0.2) is 6.61 Å². The molecule has 7 heteroatoms. The van der Waals surface area contributed by atoms with Gasteiger partial charge in [0.2, 0.25) is 5.91 Å². The van der Waals surface area contributed by atoms with Gasteiger partial charge in [0, 0.05) is 24.8 Å². The van der Waals surface area contributed by atoms with E-state index < -0.39 is 6.09 Å². The average molecular weight is 313 g/mol. The molecule has 2 aliphatic heterocycles. The fourth-order valence-electron chi connectivity index (χ4n) is 3.06. The van der Waals surface area contributed by atoms with Crippen LogP contribution in [-0.4, -0.2) is 58.0 Å². The zero-order chi connectivity index (χ0) is 16.0. The number of likely N-dealkylation sites (tertiary alicyclic amines) is 1. The van der Waals surface area contributed by atoms with Crippen LogP contribution in [0.2, 0.25) is 0 Å². The summed E-state index contributed by atoms with van der Waals surface area (Å²) in [6, 6.07) is 9.58. The number of ether oxygens (including phenoxy) is 1. The van der Waals surface area contributed by atoms with E-state index in [4.69, 9.17) is 4.74 Å². The molecule has 2 saturated heterocycles. The maximum absolute atomic E-state index is 12.3. The highest BCUT2D eigenvalue weighted by Crippen LogP contribution is 2.21. The summed E-state index contributed by atoms with van der Waals surface area (Å²) in [6.45, 7) is 0.801. The summed E-state index contributed by atoms with van der Waals surface area (Å²) in [5.74, 6) is -0.355. The smallest absolute Gasteiger partial charge is 0.417 e. The number of imide groups is 1. The third-order valence-electron chi connectivity index (χ3n) is 4.35. The molecule has 1 aromatic carbocycles. The molecule has 0 unspecified atom stereocenters. The Morgan fingerprint density at radius 2 is 1.96 bits per heavy atom. The van der Waals surface area contributed by atoms with Crippen LogP contribution in [0, 0.1) is 0 Å². The van der Waals surface area contributed by atoms with Crippen LogP contribution in [0.4, 0.5) is 4.79 Å². The number of fused-ring (bicyclic) bond motifs is 1. The molecule has 2 fully saturated rings. The van der Waals surface area contributed by atoms with Crippen LogP contribution in [0.1, 0.15) is 0 Å². The molecule has 7 nitrogen and oxygen atoms in total. The normalized spacial score (nSPS) is 18.4. The quantitative estimate of drug-likeness (QED) is 0.841. The van der Waals surface area contributed by atoms with Crippen molar-refractivity contribution in [3.8, 4) is 0 Å². The molecule has 0 saturated carbocycles. The van der Waals surface area contributed by atoms with E-state index in [-0.39, 0.29) is 31.0 Å². The van der Waals surface area contributed by atoms with Gasteiger partial charge in [-0.15, -0.1) is 0 Å². The van der Waals surface area contributed by atoms with E-state index in [0.717, 1.165) is 15.8 Å². The molecule has 0 spiro atoms. The van der Waals surface area contributed by atoms with Crippen LogP contribution >= 0.6 is 0 Å². The lowest BCUT2D eigenvalue weighted by atomic mass is 10.1. The summed E-state index contributed by atoms with van der Waals surface area (Å²) in [7, 11) is 0. The number of carbonyl (C=O) groups excluding carboxylic acids is 3. The zero-order valence-corrected chi connectivity index (χ0v) is 12.3. The largest absolute Gasteiger partial charge is 0.439 e. The first kappa shape index (κ1) is 13.8. The van der Waals surface area contributed by atoms with Crippen molar-refractivity contribution >= 4 is 28.8 Å². The molecule has 0 N–H and O–H groups in total. The summed E-state index contributed by atoms with van der Waals surface area (Å²) < 4.78 is 6.60. The fourth-order valence-corrected chi connectivity index (χ4v) is 3.06. The Kier molecular flexibility index (Phi) is 3.07. The lowest BCUT2D eigenvalue weighted by molar-refractivity contribution is -0.142. The number of nitrogens with zero attached hydrogens (tertiary/aromatic N) is 3. The molecular formula is C16H15N3O4. The minimum absolute atomic E-state index is 0.0254. The molecule has 0 radical (unpaired) electrons. The first-order valence-electron chi connectivity index (χ1n) is 7.44. The minimum Gasteiger partial charge on any atom is -0.439 e. The second-order valence-corrected chi connectivity index (χ2v) is 5.77. The predicted octanol–water partition coefficient (Wildman–Crippen LogP) is 0.831. The van der Waals surface area contributed by atoms with E-state index in [1.807, 2.05) is 41.1 Å². The summed E-state index contributed by atoms with van der Waals surface area (Å²) in [5, 5.41) is 1.09. The van der Waals surface area contributed by atoms with Crippen LogP contribution in [0.5, 0.6) is 0 Å². The first-order chi connectivity index (χ1) is 11.1. The maximum atomic E-state index is 12.3. The number of benzene rings is 1. The number of hydrogen-bond acceptors (Lipinski definition) is 4. The van der Waals surface area contributed by atoms with Crippen LogP contribution in [0.3, 0.4) is 0 Å². The third kappa shape index (κ3) is 2.25. The van der Waals surface area contributed by atoms with Crippen LogP contribution in [0.25, 0.3) is 10.9 Å². The van der Waals surface area contributed by atoms with Crippen LogP contribution in [0.15, 0.2) is 36.5 Å². The topological polar surface area (TPSA) is 71.8 Å². The van der Waals surface area contributed by atoms with Gasteiger partial charge >= 0.3 is 6.09 Å². The molecule has 2 aromatic rings. The van der Waals surface area contributed by atoms with E-state index in [1.54, 1.807) is 4.90 Å². The van der Waals surface area contributed by atoms with Gasteiger partial charge in [0.1, 0.15) is 6.54 Å². The monoisotopic (exact) mass is 313 g/mol. The molecule has 118 valence electrons. The van der Waals surface area contributed by atoms with Gasteiger partial charge in [-0.2, -0.15) is 0 Å². The number of amides is 3. The average Bonchev–Trinajstić information content (AvgIpc) is 3.04. The SMILES string of the molecule is O=C(Cn1ccc2ccccc21)N1CC(N2C(=O)COC2=O)C1. The lowest BCUT2D eigenvalue weighted by Gasteiger charge is -2.42. The van der Waals surface area contributed by atoms with Gasteiger partial charge in [-0.3, -0.25) is 9.59 Å². The van der Waals surface area contributed by atoms with Crippen LogP contribution in [-0.2, 0) is 20.9 Å². The molecule has 4 rings (SSSR count). The number of cyclic esters (lactones) is 1. The highest BCUT2D eigenvalue weighted by molar-refractivity contribution is 5.98. The Morgan fingerprint density at radius 1 is 1.17 bits per heavy atom. The molecule has 1 aromatic heterocycles. The number of para-hydroxylation sites is 1. The van der Waals surface area contributed by atoms with Crippen molar-refractivity contribution in [1.82, 2.24) is 14.4 Å². The number of rotatable bonds is 3. The van der Waals surface area contributed by atoms with Crippen molar-refractivity contribution < 1.29 is 19.1 Å². The molecule has 2 aliphatic rings. The van der Waals surface area contributed by atoms with Gasteiger partial charge in [0.25, 0.3) is 5.91 Å². The molecular weight excluding hydrogens is 298 g/mol. The third-order valence-corrected chi connectivity index (χ3v) is 4.35. The molecule has 3 heterocycles. The summed E-state index contributed by atoms with van der Waals surface area (Å²) in [5.41, 5.74) is 1.01. The molecule has 23 heavy (non-hydrogen) atoms. The fraction of sp³-hybridized carbons (Fsp3) is 0.312.